The molecule has 0 fully saturated rings. The zero-order chi connectivity index (χ0) is 12.0. The Morgan fingerprint density at radius 3 is 2.31 bits per heavy atom. The van der Waals surface area contributed by atoms with Gasteiger partial charge in [-0.15, -0.1) is 6.58 Å². The first-order valence-corrected chi connectivity index (χ1v) is 4.91. The van der Waals surface area contributed by atoms with E-state index in [1.165, 1.54) is 0 Å². The Balaban J connectivity index is 2.94. The molecule has 0 aliphatic heterocycles. The average Bonchev–Trinajstić information content (AvgIpc) is 2.22. The minimum Gasteiger partial charge on any atom is -0.368 e. The Labute approximate surface area is 94.7 Å². The predicted octanol–water partition coefficient (Wildman–Crippen LogP) is 0.605. The van der Waals surface area contributed by atoms with Crippen LogP contribution in [-0.2, 0) is 0 Å². The molecule has 0 amide bonds. The predicted molar refractivity (Wildman–Crippen MR) is 65.9 cm³/mol. The molecule has 0 radical (unpaired) electrons. The lowest BCUT2D eigenvalue weighted by Crippen LogP contribution is -2.26. The van der Waals surface area contributed by atoms with Gasteiger partial charge in [0.2, 0.25) is 17.8 Å². The fourth-order valence-corrected chi connectivity index (χ4v) is 1.17. The van der Waals surface area contributed by atoms with E-state index in [0.717, 1.165) is 0 Å². The Hall–Kier alpha value is -2.11. The van der Waals surface area contributed by atoms with Crippen molar-refractivity contribution in [3.8, 4) is 0 Å². The van der Waals surface area contributed by atoms with Gasteiger partial charge in [0, 0.05) is 13.1 Å². The number of hydrogen-bond acceptors (Lipinski definition) is 6. The summed E-state index contributed by atoms with van der Waals surface area (Å²) in [6.07, 6.45) is 5.70. The summed E-state index contributed by atoms with van der Waals surface area (Å²) in [6.45, 7) is 6.92. The lowest BCUT2D eigenvalue weighted by molar-refractivity contribution is 0.879. The molecule has 16 heavy (non-hydrogen) atoms. The van der Waals surface area contributed by atoms with Crippen molar-refractivity contribution in [1.82, 2.24) is 15.0 Å². The van der Waals surface area contributed by atoms with Crippen molar-refractivity contribution < 1.29 is 0 Å². The lowest BCUT2D eigenvalue weighted by atomic mass is 10.4. The zero-order valence-corrected chi connectivity index (χ0v) is 9.30. The molecule has 1 rings (SSSR count). The van der Waals surface area contributed by atoms with Crippen LogP contribution in [0.4, 0.5) is 17.8 Å². The molecule has 6 heteroatoms. The maximum Gasteiger partial charge on any atom is 0.232 e. The summed E-state index contributed by atoms with van der Waals surface area (Å²) in [6, 6.07) is 0. The number of aromatic nitrogens is 3. The van der Waals surface area contributed by atoms with Crippen molar-refractivity contribution in [3.63, 3.8) is 0 Å². The summed E-state index contributed by atoms with van der Waals surface area (Å²) < 4.78 is 0. The monoisotopic (exact) mass is 220 g/mol. The Bertz CT molecular complexity index is 367. The van der Waals surface area contributed by atoms with Crippen LogP contribution in [0.1, 0.15) is 6.92 Å². The fraction of sp³-hybridized carbons (Fsp3) is 0.300. The standard InChI is InChI=1S/C10H16N6/c1-3-5-7-16(6-4-2)10-14-8(11)13-9(12)15-10/h3-5H,2,6-7H2,1H3,(H4,11,12,13,14,15)/b5-3+. The highest BCUT2D eigenvalue weighted by atomic mass is 15.3. The summed E-state index contributed by atoms with van der Waals surface area (Å²) >= 11 is 0. The Morgan fingerprint density at radius 2 is 1.81 bits per heavy atom. The molecule has 1 aromatic rings. The smallest absolute Gasteiger partial charge is 0.232 e. The minimum absolute atomic E-state index is 0.122. The fourth-order valence-electron chi connectivity index (χ4n) is 1.17. The molecular weight excluding hydrogens is 204 g/mol. The highest BCUT2D eigenvalue weighted by Crippen LogP contribution is 2.09. The molecule has 4 N–H and O–H groups in total. The summed E-state index contributed by atoms with van der Waals surface area (Å²) in [7, 11) is 0. The Morgan fingerprint density at radius 1 is 1.19 bits per heavy atom. The molecule has 1 aromatic heterocycles. The largest absolute Gasteiger partial charge is 0.368 e. The Kier molecular flexibility index (Phi) is 4.26. The molecular formula is C10H16N6. The van der Waals surface area contributed by atoms with E-state index >= 15 is 0 Å². The van der Waals surface area contributed by atoms with Crippen molar-refractivity contribution in [1.29, 1.82) is 0 Å². The van der Waals surface area contributed by atoms with Gasteiger partial charge >= 0.3 is 0 Å². The lowest BCUT2D eigenvalue weighted by Gasteiger charge is -2.19. The van der Waals surface area contributed by atoms with E-state index in [1.807, 2.05) is 24.0 Å². The van der Waals surface area contributed by atoms with E-state index in [4.69, 9.17) is 11.5 Å². The molecule has 1 heterocycles. The van der Waals surface area contributed by atoms with Crippen molar-refractivity contribution in [2.24, 2.45) is 0 Å². The van der Waals surface area contributed by atoms with Crippen LogP contribution in [0.25, 0.3) is 0 Å². The van der Waals surface area contributed by atoms with Gasteiger partial charge in [0.1, 0.15) is 0 Å². The molecule has 0 aromatic carbocycles. The van der Waals surface area contributed by atoms with E-state index in [1.54, 1.807) is 6.08 Å². The first-order valence-electron chi connectivity index (χ1n) is 4.91. The van der Waals surface area contributed by atoms with Crippen molar-refractivity contribution in [2.45, 2.75) is 6.92 Å². The van der Waals surface area contributed by atoms with Gasteiger partial charge in [-0.2, -0.15) is 15.0 Å². The summed E-state index contributed by atoms with van der Waals surface area (Å²) in [5.74, 6) is 0.706. The second kappa shape index (κ2) is 5.69. The first-order chi connectivity index (χ1) is 7.67. The van der Waals surface area contributed by atoms with Crippen LogP contribution < -0.4 is 16.4 Å². The van der Waals surface area contributed by atoms with E-state index in [9.17, 15) is 0 Å². The van der Waals surface area contributed by atoms with Gasteiger partial charge < -0.3 is 16.4 Å². The molecule has 6 nitrogen and oxygen atoms in total. The van der Waals surface area contributed by atoms with E-state index in [-0.39, 0.29) is 11.9 Å². The minimum atomic E-state index is 0.122. The number of nitrogens with zero attached hydrogens (tertiary/aromatic N) is 4. The molecule has 86 valence electrons. The maximum atomic E-state index is 5.51. The molecule has 0 aliphatic carbocycles. The summed E-state index contributed by atoms with van der Waals surface area (Å²) in [5, 5.41) is 0. The van der Waals surface area contributed by atoms with Gasteiger partial charge in [-0.05, 0) is 6.92 Å². The van der Waals surface area contributed by atoms with Gasteiger partial charge in [-0.3, -0.25) is 0 Å². The molecule has 0 unspecified atom stereocenters. The number of nitrogen functional groups attached to an aromatic ring is 2. The second-order valence-corrected chi connectivity index (χ2v) is 3.11. The molecule has 0 saturated heterocycles. The highest BCUT2D eigenvalue weighted by molar-refractivity contribution is 5.40. The first kappa shape index (κ1) is 12.0. The van der Waals surface area contributed by atoms with Crippen LogP contribution in [-0.4, -0.2) is 28.0 Å². The molecule has 0 spiro atoms. The van der Waals surface area contributed by atoms with Crippen LogP contribution in [0.3, 0.4) is 0 Å². The SMILES string of the molecule is C=CCN(C/C=C/C)c1nc(N)nc(N)n1. The van der Waals surface area contributed by atoms with Crippen molar-refractivity contribution in [3.05, 3.63) is 24.8 Å². The van der Waals surface area contributed by atoms with Crippen LogP contribution in [0, 0.1) is 0 Å². The van der Waals surface area contributed by atoms with E-state index in [2.05, 4.69) is 21.5 Å². The summed E-state index contributed by atoms with van der Waals surface area (Å²) in [5.41, 5.74) is 11.0. The average molecular weight is 220 g/mol. The third-order valence-electron chi connectivity index (χ3n) is 1.85. The third-order valence-corrected chi connectivity index (χ3v) is 1.85. The second-order valence-electron chi connectivity index (χ2n) is 3.11. The van der Waals surface area contributed by atoms with Crippen molar-refractivity contribution >= 4 is 17.8 Å². The topological polar surface area (TPSA) is 94.0 Å². The highest BCUT2D eigenvalue weighted by Gasteiger charge is 2.08. The molecule has 0 bridgehead atoms. The number of hydrogen-bond donors (Lipinski definition) is 2. The molecule has 0 atom stereocenters. The van der Waals surface area contributed by atoms with Gasteiger partial charge in [-0.1, -0.05) is 18.2 Å². The van der Waals surface area contributed by atoms with Crippen LogP contribution in [0.2, 0.25) is 0 Å². The maximum absolute atomic E-state index is 5.51. The van der Waals surface area contributed by atoms with Gasteiger partial charge in [-0.25, -0.2) is 0 Å². The van der Waals surface area contributed by atoms with Crippen LogP contribution >= 0.6 is 0 Å². The summed E-state index contributed by atoms with van der Waals surface area (Å²) in [4.78, 5) is 13.7. The zero-order valence-electron chi connectivity index (χ0n) is 9.30. The molecule has 0 aliphatic rings. The normalized spacial score (nSPS) is 10.6. The third kappa shape index (κ3) is 3.23. The van der Waals surface area contributed by atoms with E-state index in [0.29, 0.717) is 19.0 Å². The van der Waals surface area contributed by atoms with Gasteiger partial charge in [0.25, 0.3) is 0 Å². The number of rotatable bonds is 5. The number of nitrogens with two attached hydrogens (primary N) is 2. The van der Waals surface area contributed by atoms with Crippen LogP contribution in [0.5, 0.6) is 0 Å². The van der Waals surface area contributed by atoms with Gasteiger partial charge in [0.15, 0.2) is 0 Å². The quantitative estimate of drug-likeness (QED) is 0.706. The molecule has 0 saturated carbocycles. The van der Waals surface area contributed by atoms with Crippen molar-refractivity contribution in [2.75, 3.05) is 29.5 Å². The number of anilines is 3. The van der Waals surface area contributed by atoms with E-state index < -0.39 is 0 Å². The van der Waals surface area contributed by atoms with Gasteiger partial charge in [0.05, 0.1) is 0 Å². The van der Waals surface area contributed by atoms with Crippen LogP contribution in [0.15, 0.2) is 24.8 Å². The number of allylic oxidation sites excluding steroid dienone is 1.